The summed E-state index contributed by atoms with van der Waals surface area (Å²) in [5, 5.41) is 24.3. The van der Waals surface area contributed by atoms with Crippen LogP contribution in [0.15, 0.2) is 28.4 Å². The molecule has 180 valence electrons. The van der Waals surface area contributed by atoms with E-state index < -0.39 is 18.2 Å². The number of hydrogen-bond acceptors (Lipinski definition) is 7. The van der Waals surface area contributed by atoms with E-state index in [0.717, 1.165) is 15.8 Å². The van der Waals surface area contributed by atoms with Gasteiger partial charge in [0.2, 0.25) is 0 Å². The number of aliphatic hydroxyl groups excluding tert-OH is 2. The van der Waals surface area contributed by atoms with Gasteiger partial charge < -0.3 is 29.7 Å². The first-order valence-electron chi connectivity index (χ1n) is 11.3. The Hall–Kier alpha value is -0.900. The van der Waals surface area contributed by atoms with Crippen LogP contribution in [0.5, 0.6) is 5.75 Å². The highest BCUT2D eigenvalue weighted by molar-refractivity contribution is 9.10. The molecule has 1 fully saturated rings. The highest BCUT2D eigenvalue weighted by Gasteiger charge is 2.29. The lowest BCUT2D eigenvalue weighted by Crippen LogP contribution is -2.31. The zero-order valence-corrected chi connectivity index (χ0v) is 21.8. The Morgan fingerprint density at radius 2 is 1.94 bits per heavy atom. The molecule has 1 heterocycles. The van der Waals surface area contributed by atoms with Gasteiger partial charge in [-0.15, -0.1) is 11.3 Å². The van der Waals surface area contributed by atoms with Crippen LogP contribution in [0.25, 0.3) is 0 Å². The number of methoxy groups -OCH3 is 1. The Kier molecular flexibility index (Phi) is 9.23. The van der Waals surface area contributed by atoms with Crippen LogP contribution in [0, 0.1) is 0 Å². The van der Waals surface area contributed by atoms with E-state index in [9.17, 15) is 10.2 Å². The third-order valence-electron chi connectivity index (χ3n) is 5.58. The van der Waals surface area contributed by atoms with Gasteiger partial charge in [-0.05, 0) is 62.0 Å². The van der Waals surface area contributed by atoms with Crippen molar-refractivity contribution in [2.24, 2.45) is 0 Å². The van der Waals surface area contributed by atoms with E-state index >= 15 is 0 Å². The maximum atomic E-state index is 10.4. The molecular weight excluding hydrogens is 494 g/mol. The van der Waals surface area contributed by atoms with Gasteiger partial charge in [-0.1, -0.05) is 31.4 Å². The monoisotopic (exact) mass is 529 g/mol. The van der Waals surface area contributed by atoms with Crippen molar-refractivity contribution in [2.75, 3.05) is 13.7 Å². The first-order chi connectivity index (χ1) is 15.2. The molecule has 0 aromatic carbocycles. The maximum Gasteiger partial charge on any atom is 0.194 e. The summed E-state index contributed by atoms with van der Waals surface area (Å²) in [6, 6.07) is 0.558. The van der Waals surface area contributed by atoms with Crippen molar-refractivity contribution in [3.8, 4) is 5.75 Å². The summed E-state index contributed by atoms with van der Waals surface area (Å²) in [6.07, 6.45) is 11.5. The summed E-state index contributed by atoms with van der Waals surface area (Å²) in [5.74, 6) is 0.641. The fourth-order valence-electron chi connectivity index (χ4n) is 4.14. The van der Waals surface area contributed by atoms with Crippen LogP contribution in [-0.2, 0) is 9.47 Å². The van der Waals surface area contributed by atoms with Gasteiger partial charge in [-0.2, -0.15) is 0 Å². The van der Waals surface area contributed by atoms with E-state index in [2.05, 4.69) is 39.5 Å². The lowest BCUT2D eigenvalue weighted by Gasteiger charge is -2.27. The highest BCUT2D eigenvalue weighted by atomic mass is 79.9. The van der Waals surface area contributed by atoms with Gasteiger partial charge in [-0.3, -0.25) is 0 Å². The maximum absolute atomic E-state index is 10.4. The largest absolute Gasteiger partial charge is 0.486 e. The van der Waals surface area contributed by atoms with Crippen molar-refractivity contribution in [2.45, 2.75) is 89.4 Å². The summed E-state index contributed by atoms with van der Waals surface area (Å²) < 4.78 is 17.4. The molecule has 2 aliphatic rings. The predicted octanol–water partition coefficient (Wildman–Crippen LogP) is 5.51. The van der Waals surface area contributed by atoms with Crippen LogP contribution in [0.1, 0.15) is 81.3 Å². The quantitative estimate of drug-likeness (QED) is 0.366. The normalized spacial score (nSPS) is 21.8. The fraction of sp³-hybridized carbons (Fsp3) is 0.667. The van der Waals surface area contributed by atoms with Crippen molar-refractivity contribution in [1.82, 2.24) is 5.32 Å². The molecule has 32 heavy (non-hydrogen) atoms. The topological polar surface area (TPSA) is 80.2 Å². The number of halogens is 1. The Balaban J connectivity index is 1.73. The van der Waals surface area contributed by atoms with Crippen molar-refractivity contribution >= 4 is 27.3 Å². The molecule has 0 spiro atoms. The molecule has 0 aliphatic heterocycles. The summed E-state index contributed by atoms with van der Waals surface area (Å²) in [7, 11) is 1.45. The minimum absolute atomic E-state index is 0.0512. The van der Waals surface area contributed by atoms with Gasteiger partial charge in [0.15, 0.2) is 18.3 Å². The third-order valence-corrected chi connectivity index (χ3v) is 7.96. The van der Waals surface area contributed by atoms with Gasteiger partial charge in [0.05, 0.1) is 10.1 Å². The van der Waals surface area contributed by atoms with Crippen LogP contribution < -0.4 is 10.1 Å². The van der Waals surface area contributed by atoms with Crippen LogP contribution in [0.2, 0.25) is 0 Å². The van der Waals surface area contributed by atoms with E-state index in [-0.39, 0.29) is 12.5 Å². The van der Waals surface area contributed by atoms with Crippen LogP contribution in [0.4, 0.5) is 0 Å². The molecule has 3 N–H and O–H groups in total. The smallest absolute Gasteiger partial charge is 0.194 e. The molecule has 3 rings (SSSR count). The summed E-state index contributed by atoms with van der Waals surface area (Å²) in [6.45, 7) is 5.56. The van der Waals surface area contributed by atoms with Gasteiger partial charge in [0, 0.05) is 29.6 Å². The van der Waals surface area contributed by atoms with Crippen LogP contribution >= 0.6 is 27.3 Å². The summed E-state index contributed by atoms with van der Waals surface area (Å²) in [5.41, 5.74) is 0.755. The number of aliphatic hydroxyl groups is 2. The molecule has 1 aromatic heterocycles. The number of ether oxygens (including phenoxy) is 3. The average Bonchev–Trinajstić information content (AvgIpc) is 3.07. The van der Waals surface area contributed by atoms with Crippen molar-refractivity contribution < 1.29 is 24.4 Å². The van der Waals surface area contributed by atoms with Gasteiger partial charge in [0.25, 0.3) is 0 Å². The standard InChI is InChI=1S/C24H36BrNO5S/c1-24(2,3)31-18(27)14-30-20-19(25)21(32-22(20)23(28)29-4)15-9-8-12-17(13-15)26-16-10-6-5-7-11-16/h8-9,12,15-16,18,23,26-28H,5-7,10-11,13-14H2,1-4H3. The molecule has 1 saturated carbocycles. The Morgan fingerprint density at radius 3 is 2.59 bits per heavy atom. The molecule has 8 heteroatoms. The van der Waals surface area contributed by atoms with Crippen molar-refractivity contribution in [1.29, 1.82) is 0 Å². The molecule has 0 amide bonds. The van der Waals surface area contributed by atoms with Gasteiger partial charge in [-0.25, -0.2) is 0 Å². The SMILES string of the molecule is COC(O)c1sc(C2C=CC=C(NC3CCCCC3)C2)c(Br)c1OCC(O)OC(C)(C)C. The number of hydrogen-bond donors (Lipinski definition) is 3. The minimum atomic E-state index is -1.11. The second-order valence-electron chi connectivity index (χ2n) is 9.42. The zero-order valence-electron chi connectivity index (χ0n) is 19.4. The molecule has 3 unspecified atom stereocenters. The molecule has 2 aliphatic carbocycles. The molecular formula is C24H36BrNO5S. The minimum Gasteiger partial charge on any atom is -0.486 e. The molecule has 0 radical (unpaired) electrons. The number of rotatable bonds is 9. The third kappa shape index (κ3) is 7.05. The van der Waals surface area contributed by atoms with Gasteiger partial charge in [0.1, 0.15) is 11.5 Å². The van der Waals surface area contributed by atoms with Crippen molar-refractivity contribution in [3.63, 3.8) is 0 Å². The van der Waals surface area contributed by atoms with Crippen LogP contribution in [-0.4, -0.2) is 41.9 Å². The van der Waals surface area contributed by atoms with E-state index in [0.29, 0.717) is 16.7 Å². The van der Waals surface area contributed by atoms with Gasteiger partial charge >= 0.3 is 0 Å². The zero-order chi connectivity index (χ0) is 23.3. The first kappa shape index (κ1) is 25.7. The lowest BCUT2D eigenvalue weighted by atomic mass is 9.92. The van der Waals surface area contributed by atoms with E-state index in [4.69, 9.17) is 14.2 Å². The van der Waals surface area contributed by atoms with E-state index in [1.54, 1.807) is 0 Å². The van der Waals surface area contributed by atoms with Crippen LogP contribution in [0.3, 0.4) is 0 Å². The Bertz CT molecular complexity index is 810. The average molecular weight is 531 g/mol. The first-order valence-corrected chi connectivity index (χ1v) is 12.9. The predicted molar refractivity (Wildman–Crippen MR) is 131 cm³/mol. The summed E-state index contributed by atoms with van der Waals surface area (Å²) in [4.78, 5) is 1.63. The number of nitrogens with one attached hydrogen (secondary N) is 1. The van der Waals surface area contributed by atoms with E-state index in [1.807, 2.05) is 20.8 Å². The Labute approximate surface area is 203 Å². The number of allylic oxidation sites excluding steroid dienone is 4. The Morgan fingerprint density at radius 1 is 1.22 bits per heavy atom. The second kappa shape index (κ2) is 11.5. The molecule has 0 saturated heterocycles. The van der Waals surface area contributed by atoms with E-state index in [1.165, 1.54) is 56.2 Å². The lowest BCUT2D eigenvalue weighted by molar-refractivity contribution is -0.178. The molecule has 1 aromatic rings. The molecule has 0 bridgehead atoms. The second-order valence-corrected chi connectivity index (χ2v) is 11.3. The summed E-state index contributed by atoms with van der Waals surface area (Å²) >= 11 is 5.15. The fourth-order valence-corrected chi connectivity index (χ4v) is 6.32. The highest BCUT2D eigenvalue weighted by Crippen LogP contribution is 2.48. The molecule has 6 nitrogen and oxygen atoms in total. The van der Waals surface area contributed by atoms with Crippen molar-refractivity contribution in [3.05, 3.63) is 38.2 Å². The number of thiophene rings is 1. The molecule has 3 atom stereocenters.